The summed E-state index contributed by atoms with van der Waals surface area (Å²) >= 11 is -1.80. The van der Waals surface area contributed by atoms with Crippen LogP contribution in [0.4, 0.5) is 8.78 Å². The average molecular weight is 349 g/mol. The lowest BCUT2D eigenvalue weighted by Crippen LogP contribution is -2.25. The lowest BCUT2D eigenvalue weighted by molar-refractivity contribution is 0.415. The first kappa shape index (κ1) is 16.4. The number of methoxy groups -OCH3 is 1. The first-order valence-electron chi connectivity index (χ1n) is 7.02. The molecule has 1 aliphatic rings. The Balaban J connectivity index is 1.86. The molecule has 2 unspecified atom stereocenters. The number of hydrogen-bond donors (Lipinski definition) is 2. The largest absolute Gasteiger partial charge is 0.588 e. The van der Waals surface area contributed by atoms with E-state index in [0.29, 0.717) is 21.5 Å². The first-order valence-corrected chi connectivity index (χ1v) is 8.17. The van der Waals surface area contributed by atoms with E-state index >= 15 is 0 Å². The molecule has 0 aliphatic heterocycles. The third-order valence-corrected chi connectivity index (χ3v) is 4.84. The number of benzene rings is 1. The maximum atomic E-state index is 14.0. The second kappa shape index (κ2) is 6.55. The summed E-state index contributed by atoms with van der Waals surface area (Å²) in [5, 5.41) is 9.42. The van der Waals surface area contributed by atoms with Crippen molar-refractivity contribution >= 4 is 22.3 Å². The summed E-state index contributed by atoms with van der Waals surface area (Å²) in [5.74, 6) is -1.94. The van der Waals surface area contributed by atoms with E-state index in [9.17, 15) is 13.3 Å². The summed E-state index contributed by atoms with van der Waals surface area (Å²) in [4.78, 5) is 3.37. The standard InChI is InChI=1S/C16H13F2N3O2S/c1-23-10-2-3-11-14(5-10)20-8-16(11)24(22)21-15-6-12(17)9(7-19)4-13(15)18/h2-3,5-6,8-9,20-21H,4H2,1H3. The minimum absolute atomic E-state index is 0.208. The fourth-order valence-corrected chi connectivity index (χ4v) is 3.43. The van der Waals surface area contributed by atoms with E-state index in [0.717, 1.165) is 6.08 Å². The number of nitrogens with one attached hydrogen (secondary N) is 2. The fraction of sp³-hybridized carbons (Fsp3) is 0.188. The smallest absolute Gasteiger partial charge is 0.205 e. The van der Waals surface area contributed by atoms with Gasteiger partial charge in [-0.15, -0.1) is 0 Å². The lowest BCUT2D eigenvalue weighted by atomic mass is 9.99. The SMILES string of the molecule is COc1ccc2c([S+]([O-])NC3=C(F)CC(C#N)C(F)=C3)c[nH]c2c1. The molecule has 5 nitrogen and oxygen atoms in total. The Bertz CT molecular complexity index is 885. The molecule has 1 aromatic heterocycles. The molecule has 1 aliphatic carbocycles. The van der Waals surface area contributed by atoms with Gasteiger partial charge in [0.05, 0.1) is 30.3 Å². The van der Waals surface area contributed by atoms with Gasteiger partial charge in [0.25, 0.3) is 0 Å². The van der Waals surface area contributed by atoms with Gasteiger partial charge in [0.15, 0.2) is 0 Å². The minimum atomic E-state index is -1.80. The van der Waals surface area contributed by atoms with E-state index in [4.69, 9.17) is 10.00 Å². The van der Waals surface area contributed by atoms with Crippen LogP contribution >= 0.6 is 0 Å². The second-order valence-corrected chi connectivity index (χ2v) is 6.35. The van der Waals surface area contributed by atoms with Crippen LogP contribution in [0.1, 0.15) is 6.42 Å². The van der Waals surface area contributed by atoms with Crippen LogP contribution in [0.3, 0.4) is 0 Å². The molecule has 1 aromatic carbocycles. The average Bonchev–Trinajstić information content (AvgIpc) is 3.00. The number of fused-ring (bicyclic) bond motifs is 1. The summed E-state index contributed by atoms with van der Waals surface area (Å²) in [6.07, 6.45) is 2.04. The Morgan fingerprint density at radius 2 is 2.25 bits per heavy atom. The number of allylic oxidation sites excluding steroid dienone is 3. The first-order chi connectivity index (χ1) is 11.5. The molecule has 0 amide bonds. The number of nitrogens with zero attached hydrogens (tertiary/aromatic N) is 1. The number of ether oxygens (including phenoxy) is 1. The van der Waals surface area contributed by atoms with Gasteiger partial charge in [-0.1, -0.05) is 0 Å². The normalized spacial score (nSPS) is 19.0. The molecule has 0 saturated heterocycles. The number of halogens is 2. The van der Waals surface area contributed by atoms with E-state index in [1.807, 2.05) is 0 Å². The molecule has 0 spiro atoms. The van der Waals surface area contributed by atoms with Crippen LogP contribution in [0.2, 0.25) is 0 Å². The van der Waals surface area contributed by atoms with Gasteiger partial charge >= 0.3 is 0 Å². The molecule has 124 valence electrons. The molecular weight excluding hydrogens is 336 g/mol. The van der Waals surface area contributed by atoms with Crippen LogP contribution < -0.4 is 9.46 Å². The van der Waals surface area contributed by atoms with E-state index in [2.05, 4.69) is 9.71 Å². The van der Waals surface area contributed by atoms with Crippen molar-refractivity contribution in [2.45, 2.75) is 11.3 Å². The fourth-order valence-electron chi connectivity index (χ4n) is 2.41. The van der Waals surface area contributed by atoms with E-state index in [1.165, 1.54) is 6.20 Å². The zero-order chi connectivity index (χ0) is 17.3. The molecule has 24 heavy (non-hydrogen) atoms. The Labute approximate surface area is 139 Å². The van der Waals surface area contributed by atoms with E-state index in [-0.39, 0.29) is 12.1 Å². The van der Waals surface area contributed by atoms with Crippen LogP contribution in [-0.4, -0.2) is 16.6 Å². The van der Waals surface area contributed by atoms with Gasteiger partial charge < -0.3 is 14.3 Å². The molecule has 2 N–H and O–H groups in total. The highest BCUT2D eigenvalue weighted by Gasteiger charge is 2.27. The Hall–Kier alpha value is -2.50. The molecule has 0 saturated carbocycles. The Morgan fingerprint density at radius 3 is 2.96 bits per heavy atom. The number of aromatic amines is 1. The van der Waals surface area contributed by atoms with Crippen molar-refractivity contribution in [1.82, 2.24) is 9.71 Å². The molecule has 0 radical (unpaired) electrons. The van der Waals surface area contributed by atoms with Gasteiger partial charge in [0.2, 0.25) is 4.90 Å². The third-order valence-electron chi connectivity index (χ3n) is 3.70. The van der Waals surface area contributed by atoms with Crippen molar-refractivity contribution in [3.63, 3.8) is 0 Å². The summed E-state index contributed by atoms with van der Waals surface area (Å²) in [7, 11) is 1.54. The zero-order valence-electron chi connectivity index (χ0n) is 12.6. The molecule has 0 fully saturated rings. The highest BCUT2D eigenvalue weighted by molar-refractivity contribution is 7.89. The molecule has 2 atom stereocenters. The topological polar surface area (TPSA) is 83.9 Å². The summed E-state index contributed by atoms with van der Waals surface area (Å²) in [6.45, 7) is 0. The number of hydrogen-bond acceptors (Lipinski definition) is 4. The molecule has 3 rings (SSSR count). The minimum Gasteiger partial charge on any atom is -0.588 e. The van der Waals surface area contributed by atoms with Crippen LogP contribution in [0.15, 0.2) is 52.7 Å². The molecule has 8 heteroatoms. The zero-order valence-corrected chi connectivity index (χ0v) is 13.4. The van der Waals surface area contributed by atoms with Crippen LogP contribution in [0, 0.1) is 17.2 Å². The van der Waals surface area contributed by atoms with Crippen molar-refractivity contribution in [3.8, 4) is 11.8 Å². The summed E-state index contributed by atoms with van der Waals surface area (Å²) < 4.78 is 47.7. The van der Waals surface area contributed by atoms with Gasteiger partial charge in [-0.05, 0) is 12.1 Å². The molecular formula is C16H13F2N3O2S. The van der Waals surface area contributed by atoms with Gasteiger partial charge in [-0.3, -0.25) is 0 Å². The van der Waals surface area contributed by atoms with Crippen molar-refractivity contribution < 1.29 is 18.1 Å². The van der Waals surface area contributed by atoms with Crippen LogP contribution in [-0.2, 0) is 11.4 Å². The maximum absolute atomic E-state index is 14.0. The van der Waals surface area contributed by atoms with Crippen molar-refractivity contribution in [3.05, 3.63) is 47.8 Å². The monoisotopic (exact) mass is 349 g/mol. The molecule has 2 aromatic rings. The van der Waals surface area contributed by atoms with Crippen molar-refractivity contribution in [2.75, 3.05) is 7.11 Å². The van der Waals surface area contributed by atoms with Gasteiger partial charge in [0, 0.05) is 18.6 Å². The van der Waals surface area contributed by atoms with E-state index < -0.39 is 28.9 Å². The lowest BCUT2D eigenvalue weighted by Gasteiger charge is -2.17. The third kappa shape index (κ3) is 2.96. The number of H-pyrrole nitrogens is 1. The summed E-state index contributed by atoms with van der Waals surface area (Å²) in [5.41, 5.74) is 0.504. The molecule has 1 heterocycles. The number of nitriles is 1. The van der Waals surface area contributed by atoms with Crippen molar-refractivity contribution in [2.24, 2.45) is 5.92 Å². The van der Waals surface area contributed by atoms with Gasteiger partial charge in [-0.2, -0.15) is 5.26 Å². The van der Waals surface area contributed by atoms with Crippen molar-refractivity contribution in [1.29, 1.82) is 5.26 Å². The Kier molecular flexibility index (Phi) is 4.46. The number of aromatic nitrogens is 1. The predicted octanol–water partition coefficient (Wildman–Crippen LogP) is 3.37. The van der Waals surface area contributed by atoms with Gasteiger partial charge in [-0.25, -0.2) is 13.5 Å². The highest BCUT2D eigenvalue weighted by Crippen LogP contribution is 2.31. The van der Waals surface area contributed by atoms with Crippen LogP contribution in [0.25, 0.3) is 10.9 Å². The predicted molar refractivity (Wildman–Crippen MR) is 85.4 cm³/mol. The van der Waals surface area contributed by atoms with Gasteiger partial charge in [0.1, 0.15) is 40.4 Å². The Morgan fingerprint density at radius 1 is 1.46 bits per heavy atom. The second-order valence-electron chi connectivity index (χ2n) is 5.17. The quantitative estimate of drug-likeness (QED) is 0.829. The summed E-state index contributed by atoms with van der Waals surface area (Å²) in [6, 6.07) is 6.87. The maximum Gasteiger partial charge on any atom is 0.205 e. The molecule has 0 bridgehead atoms. The highest BCUT2D eigenvalue weighted by atomic mass is 32.2. The number of rotatable bonds is 4. The van der Waals surface area contributed by atoms with E-state index in [1.54, 1.807) is 31.4 Å². The van der Waals surface area contributed by atoms with Crippen LogP contribution in [0.5, 0.6) is 5.75 Å².